The van der Waals surface area contributed by atoms with E-state index in [1.807, 2.05) is 0 Å². The summed E-state index contributed by atoms with van der Waals surface area (Å²) in [5.74, 6) is -1.40. The molecule has 3 aromatic rings. The molecule has 0 saturated carbocycles. The SMILES string of the molecule is COC(=O)c1cc(C)c(F)cc1NC(=O)c1ccc(-n2ccnc2)nn1. The first-order valence-electron chi connectivity index (χ1n) is 7.51. The summed E-state index contributed by atoms with van der Waals surface area (Å²) in [6, 6.07) is 5.41. The van der Waals surface area contributed by atoms with Gasteiger partial charge in [0.25, 0.3) is 5.91 Å². The van der Waals surface area contributed by atoms with Crippen LogP contribution in [0.4, 0.5) is 10.1 Å². The van der Waals surface area contributed by atoms with E-state index in [-0.39, 0.29) is 22.5 Å². The van der Waals surface area contributed by atoms with Gasteiger partial charge >= 0.3 is 5.97 Å². The number of aryl methyl sites for hydroxylation is 1. The molecule has 0 fully saturated rings. The van der Waals surface area contributed by atoms with Crippen LogP contribution in [-0.2, 0) is 4.74 Å². The van der Waals surface area contributed by atoms with E-state index < -0.39 is 17.7 Å². The molecule has 3 rings (SSSR count). The number of benzene rings is 1. The summed E-state index contributed by atoms with van der Waals surface area (Å²) in [5.41, 5.74) is 0.298. The van der Waals surface area contributed by atoms with Crippen LogP contribution in [0.3, 0.4) is 0 Å². The largest absolute Gasteiger partial charge is 0.465 e. The number of anilines is 1. The molecule has 2 aromatic heterocycles. The maximum absolute atomic E-state index is 13.8. The average Bonchev–Trinajstić information content (AvgIpc) is 3.18. The zero-order valence-corrected chi connectivity index (χ0v) is 13.9. The summed E-state index contributed by atoms with van der Waals surface area (Å²) in [7, 11) is 1.20. The Morgan fingerprint density at radius 2 is 2.04 bits per heavy atom. The van der Waals surface area contributed by atoms with Gasteiger partial charge in [0, 0.05) is 12.4 Å². The summed E-state index contributed by atoms with van der Waals surface area (Å²) >= 11 is 0. The van der Waals surface area contributed by atoms with Crippen LogP contribution in [0.2, 0.25) is 0 Å². The fourth-order valence-electron chi connectivity index (χ4n) is 2.23. The van der Waals surface area contributed by atoms with Gasteiger partial charge in [-0.3, -0.25) is 9.36 Å². The van der Waals surface area contributed by atoms with E-state index >= 15 is 0 Å². The van der Waals surface area contributed by atoms with Crippen molar-refractivity contribution in [2.75, 3.05) is 12.4 Å². The van der Waals surface area contributed by atoms with Gasteiger partial charge in [0.15, 0.2) is 11.5 Å². The van der Waals surface area contributed by atoms with Crippen molar-refractivity contribution in [2.45, 2.75) is 6.92 Å². The highest BCUT2D eigenvalue weighted by molar-refractivity contribution is 6.07. The molecule has 1 N–H and O–H groups in total. The molecule has 2 heterocycles. The Morgan fingerprint density at radius 3 is 2.65 bits per heavy atom. The van der Waals surface area contributed by atoms with Gasteiger partial charge in [-0.15, -0.1) is 10.2 Å². The van der Waals surface area contributed by atoms with Crippen LogP contribution in [0, 0.1) is 12.7 Å². The number of carbonyl (C=O) groups is 2. The monoisotopic (exact) mass is 355 g/mol. The van der Waals surface area contributed by atoms with Gasteiger partial charge in [0.2, 0.25) is 0 Å². The Bertz CT molecular complexity index is 955. The molecule has 9 heteroatoms. The van der Waals surface area contributed by atoms with Crippen LogP contribution >= 0.6 is 0 Å². The minimum Gasteiger partial charge on any atom is -0.465 e. The van der Waals surface area contributed by atoms with Crippen LogP contribution in [0.1, 0.15) is 26.4 Å². The smallest absolute Gasteiger partial charge is 0.339 e. The molecule has 132 valence electrons. The highest BCUT2D eigenvalue weighted by Crippen LogP contribution is 2.22. The molecular formula is C17H14FN5O3. The number of imidazole rings is 1. The average molecular weight is 355 g/mol. The van der Waals surface area contributed by atoms with Crippen molar-refractivity contribution in [1.29, 1.82) is 0 Å². The number of nitrogens with one attached hydrogen (secondary N) is 1. The van der Waals surface area contributed by atoms with Crippen LogP contribution in [0.5, 0.6) is 0 Å². The molecule has 1 aromatic carbocycles. The Hall–Kier alpha value is -3.62. The Labute approximate surface area is 147 Å². The minimum atomic E-state index is -0.690. The van der Waals surface area contributed by atoms with E-state index in [9.17, 15) is 14.0 Å². The van der Waals surface area contributed by atoms with Gasteiger partial charge in [0.05, 0.1) is 18.4 Å². The van der Waals surface area contributed by atoms with Crippen LogP contribution in [-0.4, -0.2) is 38.7 Å². The number of amides is 1. The van der Waals surface area contributed by atoms with Crippen LogP contribution in [0.15, 0.2) is 43.0 Å². The van der Waals surface area contributed by atoms with Crippen molar-refractivity contribution in [1.82, 2.24) is 19.7 Å². The van der Waals surface area contributed by atoms with Crippen LogP contribution in [0.25, 0.3) is 5.82 Å². The predicted molar refractivity (Wildman–Crippen MR) is 89.6 cm³/mol. The zero-order chi connectivity index (χ0) is 18.7. The lowest BCUT2D eigenvalue weighted by Gasteiger charge is -2.11. The van der Waals surface area contributed by atoms with Crippen molar-refractivity contribution >= 4 is 17.6 Å². The predicted octanol–water partition coefficient (Wildman–Crippen LogP) is 2.15. The van der Waals surface area contributed by atoms with E-state index in [2.05, 4.69) is 25.2 Å². The highest BCUT2D eigenvalue weighted by atomic mass is 19.1. The second-order valence-corrected chi connectivity index (χ2v) is 5.34. The lowest BCUT2D eigenvalue weighted by molar-refractivity contribution is 0.0601. The topological polar surface area (TPSA) is 99.0 Å². The first-order chi connectivity index (χ1) is 12.5. The second kappa shape index (κ2) is 7.09. The summed E-state index contributed by atoms with van der Waals surface area (Å²) < 4.78 is 20.1. The van der Waals surface area contributed by atoms with E-state index in [4.69, 9.17) is 0 Å². The third-order valence-corrected chi connectivity index (χ3v) is 3.60. The van der Waals surface area contributed by atoms with E-state index in [1.165, 1.54) is 26.2 Å². The fraction of sp³-hybridized carbons (Fsp3) is 0.118. The number of methoxy groups -OCH3 is 1. The summed E-state index contributed by atoms with van der Waals surface area (Å²) in [6.45, 7) is 1.51. The van der Waals surface area contributed by atoms with E-state index in [0.717, 1.165) is 6.07 Å². The number of carbonyl (C=O) groups excluding carboxylic acids is 2. The third-order valence-electron chi connectivity index (χ3n) is 3.60. The van der Waals surface area contributed by atoms with Gasteiger partial charge < -0.3 is 10.1 Å². The number of ether oxygens (including phenoxy) is 1. The molecule has 0 atom stereocenters. The van der Waals surface area contributed by atoms with E-state index in [1.54, 1.807) is 29.4 Å². The Morgan fingerprint density at radius 1 is 1.23 bits per heavy atom. The molecule has 8 nitrogen and oxygen atoms in total. The van der Waals surface area contributed by atoms with Crippen molar-refractivity contribution in [2.24, 2.45) is 0 Å². The highest BCUT2D eigenvalue weighted by Gasteiger charge is 2.18. The molecule has 1 amide bonds. The van der Waals surface area contributed by atoms with Gasteiger partial charge in [-0.2, -0.15) is 0 Å². The zero-order valence-electron chi connectivity index (χ0n) is 13.9. The molecule has 0 saturated heterocycles. The number of nitrogens with zero attached hydrogens (tertiary/aromatic N) is 4. The van der Waals surface area contributed by atoms with Gasteiger partial charge in [0.1, 0.15) is 12.1 Å². The van der Waals surface area contributed by atoms with Crippen molar-refractivity contribution in [3.8, 4) is 5.82 Å². The number of aromatic nitrogens is 4. The summed E-state index contributed by atoms with van der Waals surface area (Å²) in [6.07, 6.45) is 4.81. The maximum atomic E-state index is 13.8. The summed E-state index contributed by atoms with van der Waals surface area (Å²) in [5, 5.41) is 10.2. The molecule has 0 radical (unpaired) electrons. The fourth-order valence-corrected chi connectivity index (χ4v) is 2.23. The molecule has 0 bridgehead atoms. The Balaban J connectivity index is 1.86. The number of halogens is 1. The molecule has 0 unspecified atom stereocenters. The van der Waals surface area contributed by atoms with Gasteiger partial charge in [-0.05, 0) is 36.8 Å². The van der Waals surface area contributed by atoms with Crippen LogP contribution < -0.4 is 5.32 Å². The van der Waals surface area contributed by atoms with E-state index in [0.29, 0.717) is 5.82 Å². The first-order valence-corrected chi connectivity index (χ1v) is 7.51. The van der Waals surface area contributed by atoms with Crippen molar-refractivity contribution < 1.29 is 18.7 Å². The van der Waals surface area contributed by atoms with Gasteiger partial charge in [-0.25, -0.2) is 14.2 Å². The Kier molecular flexibility index (Phi) is 4.70. The molecule has 0 aliphatic heterocycles. The molecular weight excluding hydrogens is 341 g/mol. The first kappa shape index (κ1) is 17.2. The number of hydrogen-bond acceptors (Lipinski definition) is 6. The minimum absolute atomic E-state index is 0.00524. The number of hydrogen-bond donors (Lipinski definition) is 1. The molecule has 0 aliphatic carbocycles. The standard InChI is InChI=1S/C17H14FN5O3/c1-10-7-11(17(25)26-2)14(8-12(10)18)20-16(24)13-3-4-15(22-21-13)23-6-5-19-9-23/h3-9H,1-2H3,(H,20,24). The number of esters is 1. The lowest BCUT2D eigenvalue weighted by atomic mass is 10.1. The molecule has 0 spiro atoms. The lowest BCUT2D eigenvalue weighted by Crippen LogP contribution is -2.18. The second-order valence-electron chi connectivity index (χ2n) is 5.34. The van der Waals surface area contributed by atoms with Crippen molar-refractivity contribution in [3.63, 3.8) is 0 Å². The number of rotatable bonds is 4. The van der Waals surface area contributed by atoms with Gasteiger partial charge in [-0.1, -0.05) is 0 Å². The third kappa shape index (κ3) is 3.41. The van der Waals surface area contributed by atoms with Crippen molar-refractivity contribution in [3.05, 3.63) is 65.6 Å². The summed E-state index contributed by atoms with van der Waals surface area (Å²) in [4.78, 5) is 28.1. The molecule has 26 heavy (non-hydrogen) atoms. The maximum Gasteiger partial charge on any atom is 0.339 e. The quantitative estimate of drug-likeness (QED) is 0.720. The molecule has 0 aliphatic rings. The normalized spacial score (nSPS) is 10.4.